The van der Waals surface area contributed by atoms with Gasteiger partial charge in [-0.2, -0.15) is 10.1 Å². The van der Waals surface area contributed by atoms with Crippen LogP contribution in [0.4, 0.5) is 17.6 Å². The summed E-state index contributed by atoms with van der Waals surface area (Å²) in [6, 6.07) is 3.86. The molecule has 0 unspecified atom stereocenters. The Hall–Kier alpha value is -2.15. The number of aromatic amines is 1. The van der Waals surface area contributed by atoms with Gasteiger partial charge in [0.05, 0.1) is 0 Å². The van der Waals surface area contributed by atoms with E-state index in [0.29, 0.717) is 0 Å². The maximum atomic E-state index is 6.19. The van der Waals surface area contributed by atoms with Crippen molar-refractivity contribution < 1.29 is 0 Å². The van der Waals surface area contributed by atoms with Gasteiger partial charge in [0.2, 0.25) is 5.95 Å². The van der Waals surface area contributed by atoms with E-state index in [4.69, 9.17) is 5.73 Å². The summed E-state index contributed by atoms with van der Waals surface area (Å²) < 4.78 is 0. The van der Waals surface area contributed by atoms with E-state index >= 15 is 0 Å². The van der Waals surface area contributed by atoms with Crippen molar-refractivity contribution in [3.63, 3.8) is 0 Å². The van der Waals surface area contributed by atoms with Crippen molar-refractivity contribution in [1.82, 2.24) is 20.2 Å². The van der Waals surface area contributed by atoms with Crippen LogP contribution in [0.2, 0.25) is 0 Å². The van der Waals surface area contributed by atoms with Crippen LogP contribution in [-0.2, 0) is 0 Å². The first-order valence-corrected chi connectivity index (χ1v) is 7.60. The van der Waals surface area contributed by atoms with Crippen molar-refractivity contribution in [2.45, 2.75) is 39.2 Å². The SMILES string of the molecule is Cc1cc(Nc2cc(C)[nH]n2)nc(N2CCC(C)(N)CC2)n1. The average molecular weight is 301 g/mol. The van der Waals surface area contributed by atoms with Gasteiger partial charge in [0.1, 0.15) is 5.82 Å². The lowest BCUT2D eigenvalue weighted by atomic mass is 9.91. The number of rotatable bonds is 3. The van der Waals surface area contributed by atoms with E-state index in [1.54, 1.807) is 0 Å². The number of aromatic nitrogens is 4. The Kier molecular flexibility index (Phi) is 3.74. The van der Waals surface area contributed by atoms with Crippen LogP contribution in [0.15, 0.2) is 12.1 Å². The molecule has 1 aliphatic rings. The minimum Gasteiger partial charge on any atom is -0.341 e. The molecule has 0 saturated carbocycles. The molecule has 2 aromatic heterocycles. The van der Waals surface area contributed by atoms with Gasteiger partial charge in [-0.05, 0) is 33.6 Å². The molecule has 118 valence electrons. The van der Waals surface area contributed by atoms with Gasteiger partial charge < -0.3 is 16.0 Å². The van der Waals surface area contributed by atoms with Crippen LogP contribution in [0.3, 0.4) is 0 Å². The molecule has 7 heteroatoms. The lowest BCUT2D eigenvalue weighted by Gasteiger charge is -2.36. The van der Waals surface area contributed by atoms with Gasteiger partial charge in [-0.25, -0.2) is 4.98 Å². The quantitative estimate of drug-likeness (QED) is 0.801. The van der Waals surface area contributed by atoms with Gasteiger partial charge in [-0.3, -0.25) is 5.10 Å². The summed E-state index contributed by atoms with van der Waals surface area (Å²) in [4.78, 5) is 11.4. The molecule has 7 nitrogen and oxygen atoms in total. The molecule has 0 amide bonds. The van der Waals surface area contributed by atoms with E-state index < -0.39 is 0 Å². The number of nitrogens with two attached hydrogens (primary N) is 1. The molecule has 0 spiro atoms. The summed E-state index contributed by atoms with van der Waals surface area (Å²) in [5.41, 5.74) is 8.05. The number of nitrogens with zero attached hydrogens (tertiary/aromatic N) is 4. The second-order valence-electron chi connectivity index (χ2n) is 6.40. The Morgan fingerprint density at radius 1 is 1.18 bits per heavy atom. The molecule has 1 fully saturated rings. The minimum absolute atomic E-state index is 0.0754. The number of hydrogen-bond acceptors (Lipinski definition) is 6. The third kappa shape index (κ3) is 3.36. The van der Waals surface area contributed by atoms with Gasteiger partial charge in [-0.15, -0.1) is 0 Å². The Morgan fingerprint density at radius 2 is 1.91 bits per heavy atom. The number of H-pyrrole nitrogens is 1. The number of nitrogens with one attached hydrogen (secondary N) is 2. The number of anilines is 3. The highest BCUT2D eigenvalue weighted by molar-refractivity contribution is 5.54. The molecule has 2 aromatic rings. The van der Waals surface area contributed by atoms with Crippen molar-refractivity contribution in [1.29, 1.82) is 0 Å². The molecule has 0 radical (unpaired) electrons. The van der Waals surface area contributed by atoms with Crippen molar-refractivity contribution in [3.8, 4) is 0 Å². The maximum absolute atomic E-state index is 6.19. The first-order valence-electron chi connectivity index (χ1n) is 7.60. The second-order valence-corrected chi connectivity index (χ2v) is 6.40. The molecule has 22 heavy (non-hydrogen) atoms. The smallest absolute Gasteiger partial charge is 0.227 e. The largest absolute Gasteiger partial charge is 0.341 e. The highest BCUT2D eigenvalue weighted by atomic mass is 15.3. The van der Waals surface area contributed by atoms with E-state index in [0.717, 1.165) is 54.9 Å². The average Bonchev–Trinajstić information content (AvgIpc) is 2.83. The van der Waals surface area contributed by atoms with Crippen molar-refractivity contribution in [2.24, 2.45) is 5.73 Å². The third-order valence-corrected chi connectivity index (χ3v) is 3.99. The minimum atomic E-state index is -0.0754. The molecule has 3 rings (SSSR count). The van der Waals surface area contributed by atoms with E-state index in [1.165, 1.54) is 0 Å². The van der Waals surface area contributed by atoms with Crippen LogP contribution in [0.25, 0.3) is 0 Å². The topological polar surface area (TPSA) is 95.8 Å². The van der Waals surface area contributed by atoms with E-state index in [-0.39, 0.29) is 5.54 Å². The fraction of sp³-hybridized carbons (Fsp3) is 0.533. The Morgan fingerprint density at radius 3 is 2.55 bits per heavy atom. The summed E-state index contributed by atoms with van der Waals surface area (Å²) in [6.07, 6.45) is 1.90. The van der Waals surface area contributed by atoms with Gasteiger partial charge in [0, 0.05) is 42.1 Å². The number of piperidine rings is 1. The van der Waals surface area contributed by atoms with Crippen LogP contribution in [0.1, 0.15) is 31.2 Å². The van der Waals surface area contributed by atoms with Crippen LogP contribution in [0, 0.1) is 13.8 Å². The third-order valence-electron chi connectivity index (χ3n) is 3.99. The number of aryl methyl sites for hydroxylation is 2. The Bertz CT molecular complexity index is 652. The molecule has 4 N–H and O–H groups in total. The molecule has 0 aromatic carbocycles. The maximum Gasteiger partial charge on any atom is 0.227 e. The highest BCUT2D eigenvalue weighted by Crippen LogP contribution is 2.24. The van der Waals surface area contributed by atoms with E-state index in [2.05, 4.69) is 37.3 Å². The molecule has 1 aliphatic heterocycles. The van der Waals surface area contributed by atoms with Crippen LogP contribution >= 0.6 is 0 Å². The monoisotopic (exact) mass is 301 g/mol. The standard InChI is InChI=1S/C15H23N7/c1-10-8-12(18-13-9-11(2)20-21-13)19-14(17-10)22-6-4-15(3,16)5-7-22/h8-9H,4-7,16H2,1-3H3,(H2,17,18,19,20,21). The fourth-order valence-electron chi connectivity index (χ4n) is 2.59. The molecule has 0 atom stereocenters. The second kappa shape index (κ2) is 5.57. The summed E-state index contributed by atoms with van der Waals surface area (Å²) in [5.74, 6) is 2.27. The van der Waals surface area contributed by atoms with Gasteiger partial charge in [0.25, 0.3) is 0 Å². The first-order chi connectivity index (χ1) is 10.4. The summed E-state index contributed by atoms with van der Waals surface area (Å²) in [5, 5.41) is 10.3. The van der Waals surface area contributed by atoms with Crippen LogP contribution in [-0.4, -0.2) is 38.8 Å². The van der Waals surface area contributed by atoms with E-state index in [1.807, 2.05) is 26.0 Å². The van der Waals surface area contributed by atoms with Crippen molar-refractivity contribution in [3.05, 3.63) is 23.5 Å². The fourth-order valence-corrected chi connectivity index (χ4v) is 2.59. The lowest BCUT2D eigenvalue weighted by Crippen LogP contribution is -2.48. The zero-order chi connectivity index (χ0) is 15.7. The summed E-state index contributed by atoms with van der Waals surface area (Å²) >= 11 is 0. The molecule has 0 aliphatic carbocycles. The zero-order valence-corrected chi connectivity index (χ0v) is 13.3. The Labute approximate surface area is 130 Å². The molecule has 0 bridgehead atoms. The first kappa shape index (κ1) is 14.8. The predicted molar refractivity (Wildman–Crippen MR) is 87.4 cm³/mol. The molecule has 3 heterocycles. The normalized spacial score (nSPS) is 17.5. The van der Waals surface area contributed by atoms with E-state index in [9.17, 15) is 0 Å². The van der Waals surface area contributed by atoms with Gasteiger partial charge >= 0.3 is 0 Å². The highest BCUT2D eigenvalue weighted by Gasteiger charge is 2.27. The zero-order valence-electron chi connectivity index (χ0n) is 13.3. The number of hydrogen-bond donors (Lipinski definition) is 3. The molecular weight excluding hydrogens is 278 g/mol. The van der Waals surface area contributed by atoms with Gasteiger partial charge in [-0.1, -0.05) is 0 Å². The molecule has 1 saturated heterocycles. The lowest BCUT2D eigenvalue weighted by molar-refractivity contribution is 0.362. The van der Waals surface area contributed by atoms with Crippen LogP contribution < -0.4 is 16.0 Å². The van der Waals surface area contributed by atoms with Crippen molar-refractivity contribution >= 4 is 17.6 Å². The van der Waals surface area contributed by atoms with Gasteiger partial charge in [0.15, 0.2) is 5.82 Å². The van der Waals surface area contributed by atoms with Crippen LogP contribution in [0.5, 0.6) is 0 Å². The summed E-state index contributed by atoms with van der Waals surface area (Å²) in [6.45, 7) is 7.82. The Balaban J connectivity index is 1.78. The van der Waals surface area contributed by atoms with Crippen molar-refractivity contribution in [2.75, 3.05) is 23.3 Å². The molecular formula is C15H23N7. The predicted octanol–water partition coefficient (Wildman–Crippen LogP) is 1.88. The summed E-state index contributed by atoms with van der Waals surface area (Å²) in [7, 11) is 0.